The van der Waals surface area contributed by atoms with Gasteiger partial charge in [-0.1, -0.05) is 6.07 Å². The van der Waals surface area contributed by atoms with Gasteiger partial charge < -0.3 is 9.88 Å². The minimum atomic E-state index is -3.54. The van der Waals surface area contributed by atoms with Gasteiger partial charge in [0, 0.05) is 35.6 Å². The van der Waals surface area contributed by atoms with E-state index in [4.69, 9.17) is 0 Å². The van der Waals surface area contributed by atoms with E-state index in [1.165, 1.54) is 27.0 Å². The monoisotopic (exact) mass is 447 g/mol. The average Bonchev–Trinajstić information content (AvgIpc) is 3.52. The SMILES string of the molecule is O=C(c1cc(S(=O)(=O)N2CCCC2)c[nH]1)N1CCc2sccc2[C@@H]1c1cccs1. The Balaban J connectivity index is 1.47. The van der Waals surface area contributed by atoms with E-state index < -0.39 is 10.0 Å². The van der Waals surface area contributed by atoms with Crippen molar-refractivity contribution >= 4 is 38.6 Å². The number of thiophene rings is 2. The maximum absolute atomic E-state index is 13.4. The van der Waals surface area contributed by atoms with Gasteiger partial charge in [-0.15, -0.1) is 22.7 Å². The van der Waals surface area contributed by atoms with E-state index in [1.54, 1.807) is 22.7 Å². The maximum atomic E-state index is 13.4. The van der Waals surface area contributed by atoms with Gasteiger partial charge in [-0.25, -0.2) is 8.42 Å². The molecule has 0 bridgehead atoms. The molecule has 0 saturated carbocycles. The Labute approximate surface area is 177 Å². The molecule has 1 atom stereocenters. The predicted octanol–water partition coefficient (Wildman–Crippen LogP) is 3.71. The first-order chi connectivity index (χ1) is 14.1. The van der Waals surface area contributed by atoms with Crippen LogP contribution in [0.4, 0.5) is 0 Å². The van der Waals surface area contributed by atoms with Crippen molar-refractivity contribution in [1.82, 2.24) is 14.2 Å². The van der Waals surface area contributed by atoms with Crippen LogP contribution in [0.1, 0.15) is 44.7 Å². The number of amides is 1. The molecule has 3 aromatic heterocycles. The summed E-state index contributed by atoms with van der Waals surface area (Å²) >= 11 is 3.37. The second-order valence-electron chi connectivity index (χ2n) is 7.33. The van der Waals surface area contributed by atoms with Crippen LogP contribution >= 0.6 is 22.7 Å². The van der Waals surface area contributed by atoms with Crippen LogP contribution in [0.2, 0.25) is 0 Å². The molecule has 152 valence electrons. The fourth-order valence-electron chi connectivity index (χ4n) is 4.17. The number of H-pyrrole nitrogens is 1. The molecule has 0 radical (unpaired) electrons. The molecule has 5 rings (SSSR count). The number of fused-ring (bicyclic) bond motifs is 1. The Morgan fingerprint density at radius 1 is 1.10 bits per heavy atom. The zero-order valence-electron chi connectivity index (χ0n) is 15.7. The molecule has 6 nitrogen and oxygen atoms in total. The fourth-order valence-corrected chi connectivity index (χ4v) is 7.44. The quantitative estimate of drug-likeness (QED) is 0.663. The molecule has 2 aliphatic rings. The highest BCUT2D eigenvalue weighted by atomic mass is 32.2. The van der Waals surface area contributed by atoms with Gasteiger partial charge in [0.15, 0.2) is 0 Å². The molecular formula is C20H21N3O3S3. The summed E-state index contributed by atoms with van der Waals surface area (Å²) < 4.78 is 27.1. The van der Waals surface area contributed by atoms with Crippen molar-refractivity contribution in [1.29, 1.82) is 0 Å². The summed E-state index contributed by atoms with van der Waals surface area (Å²) in [6.07, 6.45) is 4.03. The van der Waals surface area contributed by atoms with Crippen LogP contribution in [-0.2, 0) is 16.4 Å². The van der Waals surface area contributed by atoms with Gasteiger partial charge in [-0.2, -0.15) is 4.31 Å². The smallest absolute Gasteiger partial charge is 0.271 e. The molecule has 1 saturated heterocycles. The van der Waals surface area contributed by atoms with Crippen LogP contribution < -0.4 is 0 Å². The molecule has 5 heterocycles. The number of carbonyl (C=O) groups excluding carboxylic acids is 1. The summed E-state index contributed by atoms with van der Waals surface area (Å²) in [7, 11) is -3.54. The molecular weight excluding hydrogens is 426 g/mol. The molecule has 1 N–H and O–H groups in total. The average molecular weight is 448 g/mol. The van der Waals surface area contributed by atoms with E-state index in [2.05, 4.69) is 22.5 Å². The molecule has 3 aromatic rings. The summed E-state index contributed by atoms with van der Waals surface area (Å²) in [4.78, 5) is 20.8. The third-order valence-electron chi connectivity index (χ3n) is 5.63. The Kier molecular flexibility index (Phi) is 4.85. The number of rotatable bonds is 4. The number of nitrogens with zero attached hydrogens (tertiary/aromatic N) is 2. The number of hydrogen-bond donors (Lipinski definition) is 1. The fraction of sp³-hybridized carbons (Fsp3) is 0.350. The predicted molar refractivity (Wildman–Crippen MR) is 114 cm³/mol. The van der Waals surface area contributed by atoms with Crippen LogP contribution in [0, 0.1) is 0 Å². The van der Waals surface area contributed by atoms with Crippen molar-refractivity contribution in [2.24, 2.45) is 0 Å². The van der Waals surface area contributed by atoms with E-state index in [1.807, 2.05) is 16.3 Å². The van der Waals surface area contributed by atoms with Crippen molar-refractivity contribution in [3.63, 3.8) is 0 Å². The molecule has 0 unspecified atom stereocenters. The van der Waals surface area contributed by atoms with Crippen molar-refractivity contribution < 1.29 is 13.2 Å². The number of hydrogen-bond acceptors (Lipinski definition) is 5. The topological polar surface area (TPSA) is 73.5 Å². The highest BCUT2D eigenvalue weighted by molar-refractivity contribution is 7.89. The number of carbonyl (C=O) groups is 1. The second kappa shape index (κ2) is 7.39. The minimum absolute atomic E-state index is 0.126. The lowest BCUT2D eigenvalue weighted by Gasteiger charge is -2.35. The lowest BCUT2D eigenvalue weighted by atomic mass is 9.98. The molecule has 1 fully saturated rings. The lowest BCUT2D eigenvalue weighted by molar-refractivity contribution is 0.0693. The molecule has 9 heteroatoms. The van der Waals surface area contributed by atoms with Crippen molar-refractivity contribution in [3.8, 4) is 0 Å². The zero-order chi connectivity index (χ0) is 20.0. The van der Waals surface area contributed by atoms with Gasteiger partial charge in [-0.05, 0) is 53.8 Å². The Morgan fingerprint density at radius 3 is 2.69 bits per heavy atom. The summed E-state index contributed by atoms with van der Waals surface area (Å²) in [6.45, 7) is 1.71. The first-order valence-electron chi connectivity index (χ1n) is 9.65. The largest absolute Gasteiger partial charge is 0.356 e. The van der Waals surface area contributed by atoms with Crippen molar-refractivity contribution in [3.05, 3.63) is 62.2 Å². The molecule has 0 aromatic carbocycles. The third-order valence-corrected chi connectivity index (χ3v) is 9.43. The highest BCUT2D eigenvalue weighted by Crippen LogP contribution is 2.40. The molecule has 0 aliphatic carbocycles. The maximum Gasteiger partial charge on any atom is 0.271 e. The first kappa shape index (κ1) is 19.0. The lowest BCUT2D eigenvalue weighted by Crippen LogP contribution is -2.39. The van der Waals surface area contributed by atoms with Crippen LogP contribution in [-0.4, -0.2) is 48.1 Å². The third kappa shape index (κ3) is 3.26. The second-order valence-corrected chi connectivity index (χ2v) is 11.2. The highest BCUT2D eigenvalue weighted by Gasteiger charge is 2.35. The normalized spacial score (nSPS) is 20.1. The Morgan fingerprint density at radius 2 is 1.93 bits per heavy atom. The molecule has 2 aliphatic heterocycles. The first-order valence-corrected chi connectivity index (χ1v) is 12.8. The van der Waals surface area contributed by atoms with E-state index in [9.17, 15) is 13.2 Å². The summed E-state index contributed by atoms with van der Waals surface area (Å²) in [5, 5.41) is 4.10. The molecule has 0 spiro atoms. The van der Waals surface area contributed by atoms with E-state index in [-0.39, 0.29) is 16.8 Å². The van der Waals surface area contributed by atoms with Crippen LogP contribution in [0.15, 0.2) is 46.1 Å². The van der Waals surface area contributed by atoms with Gasteiger partial charge in [0.2, 0.25) is 10.0 Å². The number of nitrogens with one attached hydrogen (secondary N) is 1. The molecule has 1 amide bonds. The minimum Gasteiger partial charge on any atom is -0.356 e. The van der Waals surface area contributed by atoms with E-state index >= 15 is 0 Å². The van der Waals surface area contributed by atoms with Gasteiger partial charge in [0.1, 0.15) is 10.6 Å². The van der Waals surface area contributed by atoms with Crippen LogP contribution in [0.25, 0.3) is 0 Å². The van der Waals surface area contributed by atoms with Gasteiger partial charge in [0.05, 0.1) is 6.04 Å². The van der Waals surface area contributed by atoms with E-state index in [0.717, 1.165) is 24.1 Å². The standard InChI is InChI=1S/C20H21N3O3S3/c24-20(16-12-14(13-21-16)29(25,26)22-7-1-2-8-22)23-9-5-17-15(6-11-28-17)19(23)18-4-3-10-27-18/h3-4,6,10-13,19,21H,1-2,5,7-9H2/t19-/m1/s1. The summed E-state index contributed by atoms with van der Waals surface area (Å²) in [5.41, 5.74) is 1.50. The Hall–Kier alpha value is -1.94. The number of sulfonamides is 1. The van der Waals surface area contributed by atoms with Gasteiger partial charge >= 0.3 is 0 Å². The number of aromatic nitrogens is 1. The summed E-state index contributed by atoms with van der Waals surface area (Å²) in [6, 6.07) is 7.52. The Bertz CT molecular complexity index is 1120. The van der Waals surface area contributed by atoms with Crippen molar-refractivity contribution in [2.45, 2.75) is 30.2 Å². The zero-order valence-corrected chi connectivity index (χ0v) is 18.2. The summed E-state index contributed by atoms with van der Waals surface area (Å²) in [5.74, 6) is -0.164. The van der Waals surface area contributed by atoms with Crippen LogP contribution in [0.3, 0.4) is 0 Å². The van der Waals surface area contributed by atoms with Gasteiger partial charge in [-0.3, -0.25) is 4.79 Å². The number of aromatic amines is 1. The molecule has 29 heavy (non-hydrogen) atoms. The van der Waals surface area contributed by atoms with Gasteiger partial charge in [0.25, 0.3) is 5.91 Å². The van der Waals surface area contributed by atoms with Crippen LogP contribution in [0.5, 0.6) is 0 Å². The van der Waals surface area contributed by atoms with E-state index in [0.29, 0.717) is 25.3 Å². The van der Waals surface area contributed by atoms with Crippen molar-refractivity contribution in [2.75, 3.05) is 19.6 Å².